The molecule has 24 heavy (non-hydrogen) atoms. The van der Waals surface area contributed by atoms with Gasteiger partial charge in [0.25, 0.3) is 0 Å². The van der Waals surface area contributed by atoms with E-state index in [4.69, 9.17) is 23.2 Å². The number of nitrogens with zero attached hydrogens (tertiary/aromatic N) is 1. The average Bonchev–Trinajstić information content (AvgIpc) is 2.56. The van der Waals surface area contributed by atoms with Crippen LogP contribution >= 0.6 is 23.2 Å². The normalized spacial score (nSPS) is 17.5. The maximum atomic E-state index is 12.0. The highest BCUT2D eigenvalue weighted by Gasteiger charge is 2.30. The molecule has 2 nitrogen and oxygen atoms in total. The molecule has 1 aliphatic rings. The summed E-state index contributed by atoms with van der Waals surface area (Å²) in [5, 5.41) is 1.54. The number of carbonyl (C=O) groups excluding carboxylic acids is 1. The SMILES string of the molecule is CC(C)N1C(=O)CCCC1c1ccc(Cl)cc1.Clc1ccccc1. The van der Waals surface area contributed by atoms with Gasteiger partial charge in [-0.15, -0.1) is 0 Å². The molecule has 2 aromatic rings. The second-order valence-electron chi connectivity index (χ2n) is 6.15. The van der Waals surface area contributed by atoms with Crippen molar-refractivity contribution in [1.29, 1.82) is 0 Å². The minimum Gasteiger partial charge on any atom is -0.333 e. The van der Waals surface area contributed by atoms with E-state index in [1.165, 1.54) is 5.56 Å². The summed E-state index contributed by atoms with van der Waals surface area (Å²) in [6, 6.07) is 17.8. The van der Waals surface area contributed by atoms with Crippen molar-refractivity contribution in [1.82, 2.24) is 4.90 Å². The van der Waals surface area contributed by atoms with Crippen molar-refractivity contribution in [2.45, 2.75) is 45.2 Å². The van der Waals surface area contributed by atoms with E-state index in [0.717, 1.165) is 22.9 Å². The van der Waals surface area contributed by atoms with Gasteiger partial charge in [0.05, 0.1) is 6.04 Å². The molecule has 0 aliphatic carbocycles. The van der Waals surface area contributed by atoms with Crippen LogP contribution in [0.2, 0.25) is 10.0 Å². The highest BCUT2D eigenvalue weighted by atomic mass is 35.5. The number of amides is 1. The first kappa shape index (κ1) is 18.8. The molecule has 1 amide bonds. The van der Waals surface area contributed by atoms with Crippen LogP contribution in [-0.4, -0.2) is 16.8 Å². The van der Waals surface area contributed by atoms with E-state index >= 15 is 0 Å². The van der Waals surface area contributed by atoms with E-state index < -0.39 is 0 Å². The highest BCUT2D eigenvalue weighted by molar-refractivity contribution is 6.30. The molecule has 1 atom stereocenters. The van der Waals surface area contributed by atoms with Crippen molar-refractivity contribution < 1.29 is 4.79 Å². The lowest BCUT2D eigenvalue weighted by Gasteiger charge is -2.39. The van der Waals surface area contributed by atoms with Gasteiger partial charge in [-0.3, -0.25) is 4.79 Å². The topological polar surface area (TPSA) is 20.3 Å². The van der Waals surface area contributed by atoms with Gasteiger partial charge in [-0.05, 0) is 56.5 Å². The molecule has 1 aliphatic heterocycles. The summed E-state index contributed by atoms with van der Waals surface area (Å²) in [6.45, 7) is 4.15. The number of carbonyl (C=O) groups is 1. The smallest absolute Gasteiger partial charge is 0.223 e. The third-order valence-electron chi connectivity index (χ3n) is 4.04. The summed E-state index contributed by atoms with van der Waals surface area (Å²) in [5.41, 5.74) is 1.19. The third-order valence-corrected chi connectivity index (χ3v) is 4.54. The summed E-state index contributed by atoms with van der Waals surface area (Å²) in [7, 11) is 0. The lowest BCUT2D eigenvalue weighted by atomic mass is 9.93. The number of piperidine rings is 1. The van der Waals surface area contributed by atoms with Crippen molar-refractivity contribution >= 4 is 29.1 Å². The summed E-state index contributed by atoms with van der Waals surface area (Å²) >= 11 is 11.4. The van der Waals surface area contributed by atoms with E-state index in [1.807, 2.05) is 59.5 Å². The molecule has 128 valence electrons. The van der Waals surface area contributed by atoms with Crippen LogP contribution in [0.1, 0.15) is 44.7 Å². The number of hydrogen-bond acceptors (Lipinski definition) is 1. The molecule has 3 rings (SSSR count). The predicted octanol–water partition coefficient (Wildman–Crippen LogP) is 6.14. The summed E-state index contributed by atoms with van der Waals surface area (Å²) in [5.74, 6) is 0.270. The van der Waals surface area contributed by atoms with Gasteiger partial charge in [0.2, 0.25) is 5.91 Å². The van der Waals surface area contributed by atoms with Crippen LogP contribution in [-0.2, 0) is 4.79 Å². The number of rotatable bonds is 2. The second kappa shape index (κ2) is 9.10. The van der Waals surface area contributed by atoms with Gasteiger partial charge in [0.15, 0.2) is 0 Å². The van der Waals surface area contributed by atoms with Crippen LogP contribution in [0.4, 0.5) is 0 Å². The summed E-state index contributed by atoms with van der Waals surface area (Å²) in [6.07, 6.45) is 2.71. The molecule has 0 bridgehead atoms. The standard InChI is InChI=1S/C14H18ClNO.C6H5Cl/c1-10(2)16-13(4-3-5-14(16)17)11-6-8-12(15)9-7-11;7-6-4-2-1-3-5-6/h6-10,13H,3-5H2,1-2H3;1-5H. The van der Waals surface area contributed by atoms with Crippen LogP contribution in [0.15, 0.2) is 54.6 Å². The van der Waals surface area contributed by atoms with E-state index in [-0.39, 0.29) is 18.0 Å². The van der Waals surface area contributed by atoms with Crippen molar-refractivity contribution in [3.63, 3.8) is 0 Å². The summed E-state index contributed by atoms with van der Waals surface area (Å²) in [4.78, 5) is 14.0. The Balaban J connectivity index is 0.000000249. The quantitative estimate of drug-likeness (QED) is 0.627. The molecule has 2 aromatic carbocycles. The maximum Gasteiger partial charge on any atom is 0.223 e. The van der Waals surface area contributed by atoms with Crippen LogP contribution in [0, 0.1) is 0 Å². The van der Waals surface area contributed by atoms with Crippen molar-refractivity contribution in [3.05, 3.63) is 70.2 Å². The molecule has 0 radical (unpaired) electrons. The molecular weight excluding hydrogens is 341 g/mol. The second-order valence-corrected chi connectivity index (χ2v) is 7.02. The molecule has 1 saturated heterocycles. The third kappa shape index (κ3) is 5.25. The average molecular weight is 364 g/mol. The lowest BCUT2D eigenvalue weighted by Crippen LogP contribution is -2.42. The fourth-order valence-corrected chi connectivity index (χ4v) is 3.23. The van der Waals surface area contributed by atoms with Gasteiger partial charge in [0, 0.05) is 22.5 Å². The van der Waals surface area contributed by atoms with E-state index in [1.54, 1.807) is 0 Å². The molecule has 0 N–H and O–H groups in total. The van der Waals surface area contributed by atoms with Crippen LogP contribution in [0.5, 0.6) is 0 Å². The fraction of sp³-hybridized carbons (Fsp3) is 0.350. The largest absolute Gasteiger partial charge is 0.333 e. The first-order valence-corrected chi connectivity index (χ1v) is 9.02. The van der Waals surface area contributed by atoms with Crippen molar-refractivity contribution in [2.75, 3.05) is 0 Å². The minimum absolute atomic E-state index is 0.216. The lowest BCUT2D eigenvalue weighted by molar-refractivity contribution is -0.138. The highest BCUT2D eigenvalue weighted by Crippen LogP contribution is 2.33. The number of benzene rings is 2. The molecule has 0 saturated carbocycles. The Bertz CT molecular complexity index is 640. The molecule has 0 aromatic heterocycles. The Morgan fingerprint density at radius 2 is 1.54 bits per heavy atom. The van der Waals surface area contributed by atoms with Gasteiger partial charge < -0.3 is 4.90 Å². The van der Waals surface area contributed by atoms with E-state index in [2.05, 4.69) is 13.8 Å². The summed E-state index contributed by atoms with van der Waals surface area (Å²) < 4.78 is 0. The minimum atomic E-state index is 0.216. The number of hydrogen-bond donors (Lipinski definition) is 0. The maximum absolute atomic E-state index is 12.0. The van der Waals surface area contributed by atoms with Gasteiger partial charge >= 0.3 is 0 Å². The Kier molecular flexibility index (Phi) is 7.14. The number of halogens is 2. The molecule has 0 spiro atoms. The Morgan fingerprint density at radius 1 is 0.958 bits per heavy atom. The Morgan fingerprint density at radius 3 is 2.04 bits per heavy atom. The fourth-order valence-electron chi connectivity index (χ4n) is 2.96. The zero-order chi connectivity index (χ0) is 17.5. The van der Waals surface area contributed by atoms with Gasteiger partial charge in [-0.25, -0.2) is 0 Å². The molecule has 1 unspecified atom stereocenters. The van der Waals surface area contributed by atoms with Crippen molar-refractivity contribution in [3.8, 4) is 0 Å². The monoisotopic (exact) mass is 363 g/mol. The molecule has 1 heterocycles. The molecular formula is C20H23Cl2NO. The van der Waals surface area contributed by atoms with Crippen LogP contribution in [0.25, 0.3) is 0 Å². The number of likely N-dealkylation sites (tertiary alicyclic amines) is 1. The zero-order valence-electron chi connectivity index (χ0n) is 14.1. The Labute approximate surface area is 154 Å². The van der Waals surface area contributed by atoms with E-state index in [9.17, 15) is 4.79 Å². The first-order valence-electron chi connectivity index (χ1n) is 8.26. The van der Waals surface area contributed by atoms with Crippen molar-refractivity contribution in [2.24, 2.45) is 0 Å². The first-order chi connectivity index (χ1) is 11.5. The Hall–Kier alpha value is -1.51. The van der Waals surface area contributed by atoms with Crippen LogP contribution in [0.3, 0.4) is 0 Å². The van der Waals surface area contributed by atoms with Crippen LogP contribution < -0.4 is 0 Å². The van der Waals surface area contributed by atoms with E-state index in [0.29, 0.717) is 6.42 Å². The molecule has 1 fully saturated rings. The molecule has 4 heteroatoms. The predicted molar refractivity (Wildman–Crippen MR) is 101 cm³/mol. The van der Waals surface area contributed by atoms with Gasteiger partial charge in [0.1, 0.15) is 0 Å². The van der Waals surface area contributed by atoms with Gasteiger partial charge in [-0.1, -0.05) is 53.5 Å². The zero-order valence-corrected chi connectivity index (χ0v) is 15.6. The van der Waals surface area contributed by atoms with Gasteiger partial charge in [-0.2, -0.15) is 0 Å².